The molecule has 1 aromatic heterocycles. The minimum absolute atomic E-state index is 0.118. The maximum absolute atomic E-state index is 12.5. The van der Waals surface area contributed by atoms with Crippen LogP contribution >= 0.6 is 0 Å². The van der Waals surface area contributed by atoms with E-state index in [2.05, 4.69) is 16.8 Å². The van der Waals surface area contributed by atoms with Gasteiger partial charge in [0.05, 0.1) is 25.3 Å². The topological polar surface area (TPSA) is 77.7 Å². The SMILES string of the molecule is COCCN(CCOC)C(=O)c1cncc(C#CCN)c1. The first-order chi connectivity index (χ1) is 10.2. The summed E-state index contributed by atoms with van der Waals surface area (Å²) in [6.07, 6.45) is 3.14. The van der Waals surface area contributed by atoms with Gasteiger partial charge in [0.15, 0.2) is 0 Å². The van der Waals surface area contributed by atoms with Gasteiger partial charge >= 0.3 is 0 Å². The molecule has 0 atom stereocenters. The molecule has 1 aromatic rings. The first-order valence-corrected chi connectivity index (χ1v) is 6.64. The fourth-order valence-electron chi connectivity index (χ4n) is 1.68. The van der Waals surface area contributed by atoms with Crippen molar-refractivity contribution < 1.29 is 14.3 Å². The van der Waals surface area contributed by atoms with Gasteiger partial charge in [-0.2, -0.15) is 0 Å². The van der Waals surface area contributed by atoms with Gasteiger partial charge in [-0.1, -0.05) is 11.8 Å². The van der Waals surface area contributed by atoms with Crippen LogP contribution in [-0.4, -0.2) is 62.9 Å². The number of nitrogens with two attached hydrogens (primary N) is 1. The molecule has 0 spiro atoms. The number of rotatable bonds is 7. The predicted molar refractivity (Wildman–Crippen MR) is 79.8 cm³/mol. The monoisotopic (exact) mass is 291 g/mol. The fraction of sp³-hybridized carbons (Fsp3) is 0.467. The number of nitrogens with zero attached hydrogens (tertiary/aromatic N) is 2. The highest BCUT2D eigenvalue weighted by Crippen LogP contribution is 2.06. The highest BCUT2D eigenvalue weighted by atomic mass is 16.5. The summed E-state index contributed by atoms with van der Waals surface area (Å²) >= 11 is 0. The smallest absolute Gasteiger partial charge is 0.255 e. The number of hydrogen-bond acceptors (Lipinski definition) is 5. The molecule has 0 unspecified atom stereocenters. The average Bonchev–Trinajstić information content (AvgIpc) is 2.53. The Labute approximate surface area is 125 Å². The Morgan fingerprint density at radius 1 is 1.29 bits per heavy atom. The van der Waals surface area contributed by atoms with Crippen LogP contribution in [0.2, 0.25) is 0 Å². The second-order valence-electron chi connectivity index (χ2n) is 4.25. The maximum atomic E-state index is 12.5. The molecular formula is C15H21N3O3. The highest BCUT2D eigenvalue weighted by molar-refractivity contribution is 5.94. The van der Waals surface area contributed by atoms with Crippen LogP contribution in [0.3, 0.4) is 0 Å². The lowest BCUT2D eigenvalue weighted by Gasteiger charge is -2.22. The van der Waals surface area contributed by atoms with Crippen molar-refractivity contribution in [1.82, 2.24) is 9.88 Å². The Bertz CT molecular complexity index is 500. The first kappa shape index (κ1) is 17.1. The van der Waals surface area contributed by atoms with Crippen LogP contribution < -0.4 is 5.73 Å². The molecule has 6 nitrogen and oxygen atoms in total. The van der Waals surface area contributed by atoms with E-state index in [4.69, 9.17) is 15.2 Å². The van der Waals surface area contributed by atoms with Gasteiger partial charge in [0, 0.05) is 45.3 Å². The van der Waals surface area contributed by atoms with E-state index in [1.165, 1.54) is 6.20 Å². The van der Waals surface area contributed by atoms with Crippen LogP contribution in [0.5, 0.6) is 0 Å². The number of pyridine rings is 1. The molecule has 0 bridgehead atoms. The molecule has 0 fully saturated rings. The van der Waals surface area contributed by atoms with E-state index in [1.54, 1.807) is 31.4 Å². The number of carbonyl (C=O) groups excluding carboxylic acids is 1. The summed E-state index contributed by atoms with van der Waals surface area (Å²) in [5.41, 5.74) is 6.50. The number of carbonyl (C=O) groups is 1. The number of methoxy groups -OCH3 is 2. The largest absolute Gasteiger partial charge is 0.383 e. The number of aromatic nitrogens is 1. The maximum Gasteiger partial charge on any atom is 0.255 e. The molecule has 2 N–H and O–H groups in total. The quantitative estimate of drug-likeness (QED) is 0.722. The highest BCUT2D eigenvalue weighted by Gasteiger charge is 2.15. The van der Waals surface area contributed by atoms with Crippen LogP contribution in [0, 0.1) is 11.8 Å². The standard InChI is InChI=1S/C15H21N3O3/c1-20-8-6-18(7-9-21-2)15(19)14-10-13(4-3-5-16)11-17-12-14/h10-12H,5-9,16H2,1-2H3. The third-order valence-electron chi connectivity index (χ3n) is 2.74. The molecule has 21 heavy (non-hydrogen) atoms. The van der Waals surface area contributed by atoms with Crippen molar-refractivity contribution >= 4 is 5.91 Å². The number of amides is 1. The number of hydrogen-bond donors (Lipinski definition) is 1. The minimum Gasteiger partial charge on any atom is -0.383 e. The van der Waals surface area contributed by atoms with Crippen molar-refractivity contribution in [3.05, 3.63) is 29.6 Å². The second-order valence-corrected chi connectivity index (χ2v) is 4.25. The Morgan fingerprint density at radius 2 is 1.95 bits per heavy atom. The Balaban J connectivity index is 2.86. The van der Waals surface area contributed by atoms with Crippen molar-refractivity contribution in [3.63, 3.8) is 0 Å². The number of ether oxygens (including phenoxy) is 2. The zero-order valence-corrected chi connectivity index (χ0v) is 12.5. The van der Waals surface area contributed by atoms with E-state index < -0.39 is 0 Å². The minimum atomic E-state index is -0.118. The molecule has 0 aliphatic rings. The van der Waals surface area contributed by atoms with Crippen molar-refractivity contribution in [2.24, 2.45) is 5.73 Å². The lowest BCUT2D eigenvalue weighted by molar-refractivity contribution is 0.0627. The van der Waals surface area contributed by atoms with Crippen LogP contribution in [0.25, 0.3) is 0 Å². The van der Waals surface area contributed by atoms with Gasteiger partial charge in [-0.15, -0.1) is 0 Å². The first-order valence-electron chi connectivity index (χ1n) is 6.64. The second kappa shape index (κ2) is 9.88. The third-order valence-corrected chi connectivity index (χ3v) is 2.74. The summed E-state index contributed by atoms with van der Waals surface area (Å²) in [4.78, 5) is 18.2. The predicted octanol–water partition coefficient (Wildman–Crippen LogP) is 0.127. The fourth-order valence-corrected chi connectivity index (χ4v) is 1.68. The van der Waals surface area contributed by atoms with Gasteiger partial charge in [-0.25, -0.2) is 0 Å². The van der Waals surface area contributed by atoms with E-state index in [0.717, 1.165) is 0 Å². The van der Waals surface area contributed by atoms with Gasteiger partial charge in [0.2, 0.25) is 0 Å². The summed E-state index contributed by atoms with van der Waals surface area (Å²) < 4.78 is 10.1. The van der Waals surface area contributed by atoms with Crippen molar-refractivity contribution in [2.45, 2.75) is 0 Å². The Kier molecular flexibility index (Phi) is 8.05. The molecule has 0 saturated carbocycles. The van der Waals surface area contributed by atoms with E-state index in [0.29, 0.717) is 37.4 Å². The molecule has 0 radical (unpaired) electrons. The molecule has 114 valence electrons. The molecule has 1 rings (SSSR count). The summed E-state index contributed by atoms with van der Waals surface area (Å²) in [6, 6.07) is 1.71. The van der Waals surface area contributed by atoms with E-state index in [-0.39, 0.29) is 12.5 Å². The molecule has 1 heterocycles. The zero-order chi connectivity index (χ0) is 15.5. The van der Waals surface area contributed by atoms with Crippen molar-refractivity contribution in [3.8, 4) is 11.8 Å². The summed E-state index contributed by atoms with van der Waals surface area (Å²) in [7, 11) is 3.20. The molecule has 6 heteroatoms. The summed E-state index contributed by atoms with van der Waals surface area (Å²) in [6.45, 7) is 2.20. The van der Waals surface area contributed by atoms with Crippen LogP contribution in [0.1, 0.15) is 15.9 Å². The molecular weight excluding hydrogens is 270 g/mol. The molecule has 0 aromatic carbocycles. The van der Waals surface area contributed by atoms with Gasteiger partial charge in [-0.3, -0.25) is 9.78 Å². The van der Waals surface area contributed by atoms with Crippen molar-refractivity contribution in [2.75, 3.05) is 47.1 Å². The zero-order valence-electron chi connectivity index (χ0n) is 12.5. The van der Waals surface area contributed by atoms with Gasteiger partial charge in [0.25, 0.3) is 5.91 Å². The third kappa shape index (κ3) is 5.92. The normalized spacial score (nSPS) is 9.86. The Morgan fingerprint density at radius 3 is 2.52 bits per heavy atom. The molecule has 0 aliphatic carbocycles. The molecule has 1 amide bonds. The summed E-state index contributed by atoms with van der Waals surface area (Å²) in [5.74, 6) is 5.49. The molecule has 0 saturated heterocycles. The van der Waals surface area contributed by atoms with Gasteiger partial charge in [-0.05, 0) is 6.07 Å². The van der Waals surface area contributed by atoms with Gasteiger partial charge in [0.1, 0.15) is 0 Å². The van der Waals surface area contributed by atoms with Crippen molar-refractivity contribution in [1.29, 1.82) is 0 Å². The lowest BCUT2D eigenvalue weighted by atomic mass is 10.2. The van der Waals surface area contributed by atoms with Crippen LogP contribution in [-0.2, 0) is 9.47 Å². The summed E-state index contributed by atoms with van der Waals surface area (Å²) in [5, 5.41) is 0. The van der Waals surface area contributed by atoms with Crippen LogP contribution in [0.15, 0.2) is 18.5 Å². The van der Waals surface area contributed by atoms with E-state index in [1.807, 2.05) is 0 Å². The van der Waals surface area contributed by atoms with E-state index in [9.17, 15) is 4.79 Å². The lowest BCUT2D eigenvalue weighted by Crippen LogP contribution is -2.36. The average molecular weight is 291 g/mol. The van der Waals surface area contributed by atoms with Gasteiger partial charge < -0.3 is 20.1 Å². The Hall–Kier alpha value is -1.94. The van der Waals surface area contributed by atoms with E-state index >= 15 is 0 Å². The van der Waals surface area contributed by atoms with Crippen LogP contribution in [0.4, 0.5) is 0 Å². The molecule has 0 aliphatic heterocycles.